The van der Waals surface area contributed by atoms with Crippen LogP contribution in [0.25, 0.3) is 0 Å². The molecular weight excluding hydrogens is 296 g/mol. The monoisotopic (exact) mass is 324 g/mol. The summed E-state index contributed by atoms with van der Waals surface area (Å²) < 4.78 is 6.72. The molecule has 122 valence electrons. The maximum atomic E-state index is 6.72. The highest BCUT2D eigenvalue weighted by Crippen LogP contribution is 2.36. The lowest BCUT2D eigenvalue weighted by Crippen LogP contribution is -2.66. The van der Waals surface area contributed by atoms with Crippen LogP contribution in [0, 0.1) is 0 Å². The molecule has 0 fully saturated rings. The van der Waals surface area contributed by atoms with Crippen molar-refractivity contribution in [1.29, 1.82) is 0 Å². The van der Waals surface area contributed by atoms with Crippen molar-refractivity contribution in [3.63, 3.8) is 0 Å². The third-order valence-corrected chi connectivity index (χ3v) is 9.22. The Morgan fingerprint density at radius 3 is 1.70 bits per heavy atom. The minimum atomic E-state index is -2.35. The number of benzene rings is 2. The molecule has 0 aliphatic rings. The van der Waals surface area contributed by atoms with Gasteiger partial charge in [0.2, 0.25) is 0 Å². The summed E-state index contributed by atoms with van der Waals surface area (Å²) in [6.45, 7) is 9.74. The van der Waals surface area contributed by atoms with Gasteiger partial charge in [0.15, 0.2) is 0 Å². The van der Waals surface area contributed by atoms with Gasteiger partial charge >= 0.3 is 0 Å². The van der Waals surface area contributed by atoms with Gasteiger partial charge in [-0.2, -0.15) is 0 Å². The highest BCUT2D eigenvalue weighted by molar-refractivity contribution is 6.99. The average Bonchev–Trinajstić information content (AvgIpc) is 2.55. The Morgan fingerprint density at radius 1 is 0.826 bits per heavy atom. The van der Waals surface area contributed by atoms with Gasteiger partial charge in [-0.25, -0.2) is 0 Å². The van der Waals surface area contributed by atoms with Crippen LogP contribution in [-0.4, -0.2) is 14.9 Å². The molecule has 0 aromatic heterocycles. The lowest BCUT2D eigenvalue weighted by molar-refractivity contribution is 0.339. The zero-order valence-electron chi connectivity index (χ0n) is 14.8. The Balaban J connectivity index is 2.57. The summed E-state index contributed by atoms with van der Waals surface area (Å²) >= 11 is 0. The Hall–Kier alpha value is -1.64. The molecule has 0 saturated carbocycles. The first-order chi connectivity index (χ1) is 11.0. The molecule has 0 atom stereocenters. The van der Waals surface area contributed by atoms with Crippen molar-refractivity contribution in [2.75, 3.05) is 6.61 Å². The van der Waals surface area contributed by atoms with E-state index in [4.69, 9.17) is 4.43 Å². The predicted octanol–water partition coefficient (Wildman–Crippen LogP) is 4.53. The Bertz CT molecular complexity index is 572. The number of rotatable bonds is 6. The second-order valence-electron chi connectivity index (χ2n) is 6.85. The third-order valence-electron chi connectivity index (χ3n) is 4.22. The van der Waals surface area contributed by atoms with Gasteiger partial charge in [-0.1, -0.05) is 101 Å². The van der Waals surface area contributed by atoms with E-state index < -0.39 is 8.32 Å². The molecular formula is C21H28OSi. The molecule has 0 amide bonds. The van der Waals surface area contributed by atoms with Gasteiger partial charge in [-0.3, -0.25) is 0 Å². The average molecular weight is 325 g/mol. The molecule has 0 heterocycles. The summed E-state index contributed by atoms with van der Waals surface area (Å²) in [6, 6.07) is 21.6. The zero-order chi connectivity index (χ0) is 16.8. The highest BCUT2D eigenvalue weighted by atomic mass is 28.4. The van der Waals surface area contributed by atoms with Crippen LogP contribution in [0.1, 0.15) is 34.1 Å². The minimum absolute atomic E-state index is 0.0514. The van der Waals surface area contributed by atoms with Crippen molar-refractivity contribution in [2.24, 2.45) is 0 Å². The molecule has 0 unspecified atom stereocenters. The van der Waals surface area contributed by atoms with Crippen molar-refractivity contribution < 1.29 is 4.43 Å². The molecule has 2 heteroatoms. The van der Waals surface area contributed by atoms with Crippen molar-refractivity contribution in [3.05, 3.63) is 72.8 Å². The highest BCUT2D eigenvalue weighted by Gasteiger charge is 2.49. The van der Waals surface area contributed by atoms with E-state index in [1.54, 1.807) is 0 Å². The molecule has 0 spiro atoms. The fraction of sp³-hybridized carbons (Fsp3) is 0.333. The van der Waals surface area contributed by atoms with E-state index in [0.29, 0.717) is 6.61 Å². The summed E-state index contributed by atoms with van der Waals surface area (Å²) in [7, 11) is -2.35. The van der Waals surface area contributed by atoms with Crippen LogP contribution in [0.5, 0.6) is 0 Å². The number of hydrogen-bond acceptors (Lipinski definition) is 1. The Morgan fingerprint density at radius 2 is 1.30 bits per heavy atom. The van der Waals surface area contributed by atoms with Gasteiger partial charge in [0.05, 0.1) is 6.61 Å². The van der Waals surface area contributed by atoms with Crippen molar-refractivity contribution in [2.45, 2.75) is 39.2 Å². The minimum Gasteiger partial charge on any atom is -0.404 e. The summed E-state index contributed by atoms with van der Waals surface area (Å²) in [4.78, 5) is 0. The molecule has 1 nitrogen and oxygen atoms in total. The first-order valence-corrected chi connectivity index (χ1v) is 10.3. The van der Waals surface area contributed by atoms with Gasteiger partial charge in [-0.05, 0) is 21.8 Å². The zero-order valence-corrected chi connectivity index (χ0v) is 15.8. The van der Waals surface area contributed by atoms with E-state index in [1.807, 2.05) is 0 Å². The lowest BCUT2D eigenvalue weighted by atomic mass is 10.2. The second-order valence-corrected chi connectivity index (χ2v) is 11.2. The quantitative estimate of drug-likeness (QED) is 0.560. The maximum absolute atomic E-state index is 6.72. The maximum Gasteiger partial charge on any atom is 0.261 e. The van der Waals surface area contributed by atoms with Crippen molar-refractivity contribution in [3.8, 4) is 0 Å². The van der Waals surface area contributed by atoms with Crippen molar-refractivity contribution >= 4 is 18.7 Å². The fourth-order valence-electron chi connectivity index (χ4n) is 3.17. The van der Waals surface area contributed by atoms with Crippen LogP contribution in [-0.2, 0) is 4.43 Å². The lowest BCUT2D eigenvalue weighted by Gasteiger charge is -2.42. The van der Waals surface area contributed by atoms with E-state index in [-0.39, 0.29) is 5.04 Å². The van der Waals surface area contributed by atoms with Crippen molar-refractivity contribution in [1.82, 2.24) is 0 Å². The normalized spacial score (nSPS) is 12.7. The molecule has 0 radical (unpaired) electrons. The predicted molar refractivity (Wildman–Crippen MR) is 103 cm³/mol. The summed E-state index contributed by atoms with van der Waals surface area (Å²) in [6.07, 6.45) is 5.38. The Labute approximate surface area is 142 Å². The van der Waals surface area contributed by atoms with Gasteiger partial charge in [0.1, 0.15) is 0 Å². The second kappa shape index (κ2) is 7.76. The van der Waals surface area contributed by atoms with Crippen LogP contribution >= 0.6 is 0 Å². The molecule has 2 aromatic carbocycles. The van der Waals surface area contributed by atoms with Crippen LogP contribution < -0.4 is 10.4 Å². The standard InChI is InChI=1S/C21H28OSi/c1-5-6-13-18-22-23(21(2,3)4,19-14-9-7-10-15-19)20-16-11-8-12-17-20/h6-17H,5,18H2,1-4H3. The van der Waals surface area contributed by atoms with Gasteiger partial charge in [0, 0.05) is 0 Å². The summed E-state index contributed by atoms with van der Waals surface area (Å²) in [5.41, 5.74) is 0. The molecule has 2 rings (SSSR count). The first-order valence-electron chi connectivity index (χ1n) is 8.42. The van der Waals surface area contributed by atoms with E-state index in [0.717, 1.165) is 6.42 Å². The van der Waals surface area contributed by atoms with E-state index in [9.17, 15) is 0 Å². The van der Waals surface area contributed by atoms with Gasteiger partial charge in [0.25, 0.3) is 8.32 Å². The molecule has 0 saturated heterocycles. The molecule has 23 heavy (non-hydrogen) atoms. The smallest absolute Gasteiger partial charge is 0.261 e. The SMILES string of the molecule is CCC=CCO[Si](c1ccccc1)(c1ccccc1)C(C)(C)C. The molecule has 0 aliphatic heterocycles. The fourth-order valence-corrected chi connectivity index (χ4v) is 7.67. The van der Waals surface area contributed by atoms with E-state index in [1.165, 1.54) is 10.4 Å². The number of hydrogen-bond donors (Lipinski definition) is 0. The molecule has 0 N–H and O–H groups in total. The Kier molecular flexibility index (Phi) is 5.97. The van der Waals surface area contributed by atoms with Crippen LogP contribution in [0.3, 0.4) is 0 Å². The van der Waals surface area contributed by atoms with E-state index in [2.05, 4.69) is 101 Å². The van der Waals surface area contributed by atoms with Crippen LogP contribution in [0.4, 0.5) is 0 Å². The molecule has 2 aromatic rings. The largest absolute Gasteiger partial charge is 0.404 e. The van der Waals surface area contributed by atoms with Crippen LogP contribution in [0.2, 0.25) is 5.04 Å². The topological polar surface area (TPSA) is 9.23 Å². The molecule has 0 aliphatic carbocycles. The summed E-state index contributed by atoms with van der Waals surface area (Å²) in [5, 5.41) is 2.72. The van der Waals surface area contributed by atoms with E-state index >= 15 is 0 Å². The first kappa shape index (κ1) is 17.7. The van der Waals surface area contributed by atoms with Gasteiger partial charge < -0.3 is 4.43 Å². The van der Waals surface area contributed by atoms with Gasteiger partial charge in [-0.15, -0.1) is 0 Å². The molecule has 0 bridgehead atoms. The van der Waals surface area contributed by atoms with Crippen LogP contribution in [0.15, 0.2) is 72.8 Å². The number of allylic oxidation sites excluding steroid dienone is 1. The summed E-state index contributed by atoms with van der Waals surface area (Å²) in [5.74, 6) is 0. The third kappa shape index (κ3) is 3.82.